The van der Waals surface area contributed by atoms with Crippen molar-refractivity contribution in [1.29, 1.82) is 0 Å². The lowest BCUT2D eigenvalue weighted by atomic mass is 10.3. The standard InChI is InChI=1S/C10H9ClN2O3/c11-10-9-6(14)2-1-5-13(9)7(12-10)3-4-8(15)16/h1-2,5,14H,3-4H2,(H,15,16). The molecule has 0 unspecified atom stereocenters. The molecule has 0 bridgehead atoms. The molecule has 0 radical (unpaired) electrons. The number of nitrogens with zero attached hydrogens (tertiary/aromatic N) is 2. The second kappa shape index (κ2) is 4.02. The third-order valence-corrected chi connectivity index (χ3v) is 2.50. The number of carbonyl (C=O) groups is 1. The van der Waals surface area contributed by atoms with Crippen LogP contribution in [0, 0.1) is 0 Å². The van der Waals surface area contributed by atoms with Gasteiger partial charge in [-0.3, -0.25) is 9.20 Å². The Kier molecular flexibility index (Phi) is 2.70. The molecule has 0 aliphatic heterocycles. The minimum absolute atomic E-state index is 0.0227. The van der Waals surface area contributed by atoms with Crippen LogP contribution >= 0.6 is 11.6 Å². The predicted molar refractivity (Wildman–Crippen MR) is 57.8 cm³/mol. The number of carboxylic acids is 1. The Morgan fingerprint density at radius 2 is 2.31 bits per heavy atom. The van der Waals surface area contributed by atoms with Crippen LogP contribution in [-0.4, -0.2) is 25.6 Å². The van der Waals surface area contributed by atoms with Crippen molar-refractivity contribution in [2.75, 3.05) is 0 Å². The molecule has 0 spiro atoms. The lowest BCUT2D eigenvalue weighted by Crippen LogP contribution is -2.01. The number of hydrogen-bond donors (Lipinski definition) is 2. The fourth-order valence-electron chi connectivity index (χ4n) is 1.53. The molecule has 0 fully saturated rings. The molecule has 6 heteroatoms. The molecule has 0 aliphatic rings. The maximum absolute atomic E-state index is 10.5. The van der Waals surface area contributed by atoms with E-state index in [-0.39, 0.29) is 23.7 Å². The highest BCUT2D eigenvalue weighted by molar-refractivity contribution is 6.33. The summed E-state index contributed by atoms with van der Waals surface area (Å²) in [6.45, 7) is 0. The summed E-state index contributed by atoms with van der Waals surface area (Å²) >= 11 is 5.86. The number of carboxylic acid groups (broad SMARTS) is 1. The van der Waals surface area contributed by atoms with Crippen LogP contribution in [0.2, 0.25) is 5.15 Å². The van der Waals surface area contributed by atoms with Crippen molar-refractivity contribution in [2.45, 2.75) is 12.8 Å². The van der Waals surface area contributed by atoms with Crippen LogP contribution in [0.15, 0.2) is 18.3 Å². The van der Waals surface area contributed by atoms with Crippen LogP contribution in [0.3, 0.4) is 0 Å². The van der Waals surface area contributed by atoms with E-state index in [4.69, 9.17) is 16.7 Å². The Hall–Kier alpha value is -1.75. The molecule has 2 aromatic rings. The highest BCUT2D eigenvalue weighted by atomic mass is 35.5. The second-order valence-corrected chi connectivity index (χ2v) is 3.68. The second-order valence-electron chi connectivity index (χ2n) is 3.32. The van der Waals surface area contributed by atoms with Gasteiger partial charge in [-0.05, 0) is 12.1 Å². The molecular formula is C10H9ClN2O3. The molecule has 2 heterocycles. The quantitative estimate of drug-likeness (QED) is 0.857. The summed E-state index contributed by atoms with van der Waals surface area (Å²) < 4.78 is 1.60. The van der Waals surface area contributed by atoms with Crippen LogP contribution in [0.1, 0.15) is 12.2 Å². The van der Waals surface area contributed by atoms with E-state index in [9.17, 15) is 9.90 Å². The van der Waals surface area contributed by atoms with Gasteiger partial charge in [-0.1, -0.05) is 11.6 Å². The molecule has 0 aliphatic carbocycles. The summed E-state index contributed by atoms with van der Waals surface area (Å²) in [6.07, 6.45) is 1.93. The fraction of sp³-hybridized carbons (Fsp3) is 0.200. The van der Waals surface area contributed by atoms with E-state index < -0.39 is 5.97 Å². The molecule has 0 amide bonds. The first-order valence-electron chi connectivity index (χ1n) is 4.66. The van der Waals surface area contributed by atoms with Crippen LogP contribution in [0.5, 0.6) is 5.75 Å². The number of aromatic hydroxyl groups is 1. The van der Waals surface area contributed by atoms with E-state index in [1.54, 1.807) is 16.7 Å². The average molecular weight is 241 g/mol. The maximum Gasteiger partial charge on any atom is 0.303 e. The van der Waals surface area contributed by atoms with E-state index in [1.807, 2.05) is 0 Å². The lowest BCUT2D eigenvalue weighted by molar-refractivity contribution is -0.137. The summed E-state index contributed by atoms with van der Waals surface area (Å²) in [5.74, 6) is -0.340. The monoisotopic (exact) mass is 240 g/mol. The zero-order chi connectivity index (χ0) is 11.7. The predicted octanol–water partition coefficient (Wildman–Crippen LogP) is 1.71. The van der Waals surface area contributed by atoms with Gasteiger partial charge in [0.15, 0.2) is 5.15 Å². The van der Waals surface area contributed by atoms with Gasteiger partial charge in [-0.25, -0.2) is 4.98 Å². The normalized spacial score (nSPS) is 10.8. The van der Waals surface area contributed by atoms with E-state index in [2.05, 4.69) is 4.98 Å². The zero-order valence-electron chi connectivity index (χ0n) is 8.22. The molecule has 0 atom stereocenters. The molecule has 5 nitrogen and oxygen atoms in total. The van der Waals surface area contributed by atoms with Gasteiger partial charge in [0, 0.05) is 12.6 Å². The molecule has 0 saturated heterocycles. The molecule has 0 saturated carbocycles. The highest BCUT2D eigenvalue weighted by Crippen LogP contribution is 2.26. The van der Waals surface area contributed by atoms with Gasteiger partial charge >= 0.3 is 5.97 Å². The van der Waals surface area contributed by atoms with Gasteiger partial charge in [-0.2, -0.15) is 0 Å². The molecule has 0 aromatic carbocycles. The fourth-order valence-corrected chi connectivity index (χ4v) is 1.82. The average Bonchev–Trinajstić information content (AvgIpc) is 2.54. The van der Waals surface area contributed by atoms with Crippen LogP contribution < -0.4 is 0 Å². The van der Waals surface area contributed by atoms with Gasteiger partial charge in [0.05, 0.1) is 6.42 Å². The Morgan fingerprint density at radius 1 is 1.56 bits per heavy atom. The number of pyridine rings is 1. The van der Waals surface area contributed by atoms with Crippen LogP contribution in [0.25, 0.3) is 5.52 Å². The van der Waals surface area contributed by atoms with Crippen molar-refractivity contribution in [1.82, 2.24) is 9.38 Å². The number of halogens is 1. The van der Waals surface area contributed by atoms with Gasteiger partial charge in [0.1, 0.15) is 17.1 Å². The van der Waals surface area contributed by atoms with Gasteiger partial charge in [0.25, 0.3) is 0 Å². The van der Waals surface area contributed by atoms with E-state index in [0.717, 1.165) is 0 Å². The Labute approximate surface area is 95.9 Å². The van der Waals surface area contributed by atoms with Crippen LogP contribution in [0.4, 0.5) is 0 Å². The van der Waals surface area contributed by atoms with Crippen molar-refractivity contribution in [2.24, 2.45) is 0 Å². The summed E-state index contributed by atoms with van der Waals surface area (Å²) in [7, 11) is 0. The largest absolute Gasteiger partial charge is 0.506 e. The van der Waals surface area contributed by atoms with Crippen molar-refractivity contribution in [3.05, 3.63) is 29.3 Å². The lowest BCUT2D eigenvalue weighted by Gasteiger charge is -2.00. The number of fused-ring (bicyclic) bond motifs is 1. The van der Waals surface area contributed by atoms with E-state index in [0.29, 0.717) is 11.3 Å². The first-order chi connectivity index (χ1) is 7.59. The number of imidazole rings is 1. The molecular weight excluding hydrogens is 232 g/mol. The summed E-state index contributed by atoms with van der Waals surface area (Å²) in [5.41, 5.74) is 0.407. The molecule has 16 heavy (non-hydrogen) atoms. The van der Waals surface area contributed by atoms with Crippen molar-refractivity contribution < 1.29 is 15.0 Å². The third-order valence-electron chi connectivity index (χ3n) is 2.24. The number of aliphatic carboxylic acids is 1. The first kappa shape index (κ1) is 10.8. The minimum Gasteiger partial charge on any atom is -0.506 e. The minimum atomic E-state index is -0.895. The Balaban J connectivity index is 2.47. The summed E-state index contributed by atoms with van der Waals surface area (Å²) in [5, 5.41) is 18.3. The number of aryl methyl sites for hydroxylation is 1. The molecule has 2 aromatic heterocycles. The topological polar surface area (TPSA) is 74.8 Å². The number of aromatic nitrogens is 2. The highest BCUT2D eigenvalue weighted by Gasteiger charge is 2.13. The SMILES string of the molecule is O=C(O)CCc1nc(Cl)c2c(O)cccn12. The number of hydrogen-bond acceptors (Lipinski definition) is 3. The molecule has 84 valence electrons. The summed E-state index contributed by atoms with van der Waals surface area (Å²) in [4.78, 5) is 14.5. The molecule has 2 rings (SSSR count). The van der Waals surface area contributed by atoms with Crippen molar-refractivity contribution in [3.8, 4) is 5.75 Å². The van der Waals surface area contributed by atoms with Crippen molar-refractivity contribution in [3.63, 3.8) is 0 Å². The first-order valence-corrected chi connectivity index (χ1v) is 5.03. The Morgan fingerprint density at radius 3 is 3.00 bits per heavy atom. The van der Waals surface area contributed by atoms with Gasteiger partial charge in [-0.15, -0.1) is 0 Å². The van der Waals surface area contributed by atoms with Crippen molar-refractivity contribution >= 4 is 23.1 Å². The van der Waals surface area contributed by atoms with Crippen LogP contribution in [-0.2, 0) is 11.2 Å². The summed E-state index contributed by atoms with van der Waals surface area (Å²) in [6, 6.07) is 3.15. The number of rotatable bonds is 3. The van der Waals surface area contributed by atoms with E-state index in [1.165, 1.54) is 6.07 Å². The maximum atomic E-state index is 10.5. The van der Waals surface area contributed by atoms with Gasteiger partial charge in [0.2, 0.25) is 0 Å². The van der Waals surface area contributed by atoms with E-state index >= 15 is 0 Å². The smallest absolute Gasteiger partial charge is 0.303 e. The van der Waals surface area contributed by atoms with Gasteiger partial charge < -0.3 is 10.2 Å². The third kappa shape index (κ3) is 1.81. The Bertz CT molecular complexity index is 550. The molecule has 2 N–H and O–H groups in total. The zero-order valence-corrected chi connectivity index (χ0v) is 8.98.